The average molecular weight is 355 g/mol. The first-order chi connectivity index (χ1) is 12.4. The molecule has 134 valence electrons. The van der Waals surface area contributed by atoms with Crippen molar-refractivity contribution < 1.29 is 19.1 Å². The maximum absolute atomic E-state index is 12.3. The number of aromatic nitrogens is 1. The number of carbonyl (C=O) groups excluding carboxylic acids is 3. The topological polar surface area (TPSA) is 127 Å². The molecule has 9 heteroatoms. The Kier molecular flexibility index (Phi) is 4.70. The fourth-order valence-electron chi connectivity index (χ4n) is 2.44. The Balaban J connectivity index is 1.69. The van der Waals surface area contributed by atoms with Crippen LogP contribution in [0.15, 0.2) is 36.4 Å². The Hall–Kier alpha value is -3.62. The van der Waals surface area contributed by atoms with Crippen molar-refractivity contribution in [3.05, 3.63) is 36.4 Å². The number of benzene rings is 1. The van der Waals surface area contributed by atoms with Gasteiger partial charge < -0.3 is 21.1 Å². The Morgan fingerprint density at radius 2 is 1.81 bits per heavy atom. The fourth-order valence-corrected chi connectivity index (χ4v) is 2.44. The van der Waals surface area contributed by atoms with Crippen LogP contribution in [0, 0.1) is 0 Å². The van der Waals surface area contributed by atoms with E-state index in [4.69, 9.17) is 10.5 Å². The highest BCUT2D eigenvalue weighted by Crippen LogP contribution is 2.30. The van der Waals surface area contributed by atoms with Crippen molar-refractivity contribution in [2.45, 2.75) is 6.92 Å². The van der Waals surface area contributed by atoms with E-state index in [1.807, 2.05) is 0 Å². The van der Waals surface area contributed by atoms with Gasteiger partial charge in [0, 0.05) is 18.3 Å². The van der Waals surface area contributed by atoms with Crippen LogP contribution < -0.4 is 26.0 Å². The van der Waals surface area contributed by atoms with Gasteiger partial charge in [-0.3, -0.25) is 19.3 Å². The second-order valence-corrected chi connectivity index (χ2v) is 5.63. The van der Waals surface area contributed by atoms with Gasteiger partial charge in [-0.15, -0.1) is 0 Å². The van der Waals surface area contributed by atoms with E-state index >= 15 is 0 Å². The van der Waals surface area contributed by atoms with Crippen molar-refractivity contribution in [3.8, 4) is 5.75 Å². The number of pyridine rings is 1. The van der Waals surface area contributed by atoms with E-state index in [0.717, 1.165) is 0 Å². The van der Waals surface area contributed by atoms with Crippen LogP contribution in [0.2, 0.25) is 0 Å². The van der Waals surface area contributed by atoms with Crippen molar-refractivity contribution in [2.75, 3.05) is 34.4 Å². The molecule has 2 aromatic rings. The van der Waals surface area contributed by atoms with Crippen molar-refractivity contribution >= 4 is 40.7 Å². The first kappa shape index (κ1) is 17.2. The van der Waals surface area contributed by atoms with E-state index < -0.39 is 5.91 Å². The van der Waals surface area contributed by atoms with Gasteiger partial charge in [0.25, 0.3) is 5.91 Å². The molecule has 0 radical (unpaired) electrons. The highest BCUT2D eigenvalue weighted by molar-refractivity contribution is 6.04. The highest BCUT2D eigenvalue weighted by atomic mass is 16.5. The van der Waals surface area contributed by atoms with E-state index in [1.54, 1.807) is 36.4 Å². The molecule has 3 rings (SSSR count). The van der Waals surface area contributed by atoms with Gasteiger partial charge in [0.05, 0.1) is 0 Å². The zero-order chi connectivity index (χ0) is 18.7. The second-order valence-electron chi connectivity index (χ2n) is 5.63. The van der Waals surface area contributed by atoms with Gasteiger partial charge in [-0.25, -0.2) is 4.98 Å². The van der Waals surface area contributed by atoms with Crippen LogP contribution in [0.4, 0.5) is 23.0 Å². The molecule has 26 heavy (non-hydrogen) atoms. The summed E-state index contributed by atoms with van der Waals surface area (Å²) in [6, 6.07) is 9.78. The molecule has 0 fully saturated rings. The van der Waals surface area contributed by atoms with Crippen molar-refractivity contribution in [1.29, 1.82) is 0 Å². The molecule has 3 amide bonds. The van der Waals surface area contributed by atoms with Crippen molar-refractivity contribution in [3.63, 3.8) is 0 Å². The lowest BCUT2D eigenvalue weighted by Gasteiger charge is -2.27. The minimum Gasteiger partial charge on any atom is -0.480 e. The molecule has 0 bridgehead atoms. The van der Waals surface area contributed by atoms with E-state index in [-0.39, 0.29) is 36.6 Å². The molecule has 1 aliphatic rings. The summed E-state index contributed by atoms with van der Waals surface area (Å²) in [5.41, 5.74) is 6.81. The lowest BCUT2D eigenvalue weighted by atomic mass is 10.2. The quantitative estimate of drug-likeness (QED) is 0.750. The van der Waals surface area contributed by atoms with Gasteiger partial charge in [0.2, 0.25) is 11.8 Å². The van der Waals surface area contributed by atoms with E-state index in [2.05, 4.69) is 15.6 Å². The molecule has 1 aromatic carbocycles. The number of nitrogens with two attached hydrogens (primary N) is 1. The second kappa shape index (κ2) is 7.09. The number of hydrogen-bond donors (Lipinski definition) is 3. The fraction of sp³-hybridized carbons (Fsp3) is 0.176. The number of nitrogen functional groups attached to an aromatic ring is 1. The number of ether oxygens (including phenoxy) is 1. The Morgan fingerprint density at radius 3 is 2.46 bits per heavy atom. The van der Waals surface area contributed by atoms with E-state index in [9.17, 15) is 14.4 Å². The molecular formula is C17H17N5O4. The largest absolute Gasteiger partial charge is 0.480 e. The van der Waals surface area contributed by atoms with Crippen LogP contribution in [0.3, 0.4) is 0 Å². The summed E-state index contributed by atoms with van der Waals surface area (Å²) in [7, 11) is 0. The number of amides is 3. The molecule has 9 nitrogen and oxygen atoms in total. The minimum absolute atomic E-state index is 0.169. The van der Waals surface area contributed by atoms with Gasteiger partial charge >= 0.3 is 0 Å². The Bertz CT molecular complexity index is 866. The number of carbonyl (C=O) groups is 3. The van der Waals surface area contributed by atoms with Crippen LogP contribution in [0.1, 0.15) is 6.92 Å². The van der Waals surface area contributed by atoms with Gasteiger partial charge in [0.15, 0.2) is 18.2 Å². The van der Waals surface area contributed by atoms with Crippen LogP contribution in [0.5, 0.6) is 5.75 Å². The molecule has 1 aliphatic heterocycles. The van der Waals surface area contributed by atoms with Gasteiger partial charge in [-0.05, 0) is 36.4 Å². The van der Waals surface area contributed by atoms with Crippen LogP contribution in [-0.4, -0.2) is 35.9 Å². The third-order valence-electron chi connectivity index (χ3n) is 3.56. The minimum atomic E-state index is -0.400. The van der Waals surface area contributed by atoms with Crippen molar-refractivity contribution in [2.24, 2.45) is 0 Å². The Morgan fingerprint density at radius 1 is 1.15 bits per heavy atom. The monoisotopic (exact) mass is 355 g/mol. The molecule has 0 spiro atoms. The first-order valence-corrected chi connectivity index (χ1v) is 7.79. The maximum atomic E-state index is 12.3. The number of rotatable bonds is 4. The lowest BCUT2D eigenvalue weighted by Crippen LogP contribution is -2.44. The lowest BCUT2D eigenvalue weighted by molar-refractivity contribution is -0.123. The number of nitrogens with zero attached hydrogens (tertiary/aromatic N) is 2. The van der Waals surface area contributed by atoms with Gasteiger partial charge in [0.1, 0.15) is 12.4 Å². The summed E-state index contributed by atoms with van der Waals surface area (Å²) in [5, 5.41) is 5.32. The molecule has 2 heterocycles. The zero-order valence-corrected chi connectivity index (χ0v) is 14.0. The SMILES string of the molecule is CC(=O)Nc1ccc(NC(=O)CN2C(=O)COc3ccc(N)nc32)cc1. The smallest absolute Gasteiger partial charge is 0.266 e. The van der Waals surface area contributed by atoms with Crippen LogP contribution in [0.25, 0.3) is 0 Å². The molecule has 0 aliphatic carbocycles. The summed E-state index contributed by atoms with van der Waals surface area (Å²) in [5.74, 6) is -0.128. The van der Waals surface area contributed by atoms with E-state index in [1.165, 1.54) is 11.8 Å². The standard InChI is InChI=1S/C17H17N5O4/c1-10(23)19-11-2-4-12(5-3-11)20-15(24)8-22-16(25)9-26-13-6-7-14(18)21-17(13)22/h2-7H,8-9H2,1H3,(H2,18,21)(H,19,23)(H,20,24). The number of nitrogens with one attached hydrogen (secondary N) is 2. The predicted molar refractivity (Wildman–Crippen MR) is 95.9 cm³/mol. The molecule has 4 N–H and O–H groups in total. The Labute approximate surface area is 149 Å². The maximum Gasteiger partial charge on any atom is 0.266 e. The summed E-state index contributed by atoms with van der Waals surface area (Å²) < 4.78 is 5.29. The van der Waals surface area contributed by atoms with Gasteiger partial charge in [-0.1, -0.05) is 0 Å². The van der Waals surface area contributed by atoms with Crippen molar-refractivity contribution in [1.82, 2.24) is 4.98 Å². The highest BCUT2D eigenvalue weighted by Gasteiger charge is 2.28. The molecular weight excluding hydrogens is 338 g/mol. The molecule has 1 aromatic heterocycles. The first-order valence-electron chi connectivity index (χ1n) is 7.79. The van der Waals surface area contributed by atoms with Gasteiger partial charge in [-0.2, -0.15) is 0 Å². The third-order valence-corrected chi connectivity index (χ3v) is 3.56. The molecule has 0 saturated heterocycles. The summed E-state index contributed by atoms with van der Waals surface area (Å²) in [4.78, 5) is 40.7. The predicted octanol–water partition coefficient (Wildman–Crippen LogP) is 0.986. The normalized spacial score (nSPS) is 12.8. The number of fused-ring (bicyclic) bond motifs is 1. The third kappa shape index (κ3) is 3.89. The summed E-state index contributed by atoms with van der Waals surface area (Å²) >= 11 is 0. The van der Waals surface area contributed by atoms with E-state index in [0.29, 0.717) is 17.1 Å². The van der Waals surface area contributed by atoms with Crippen LogP contribution in [-0.2, 0) is 14.4 Å². The number of anilines is 4. The molecule has 0 saturated carbocycles. The summed E-state index contributed by atoms with van der Waals surface area (Å²) in [6.45, 7) is 1.02. The average Bonchev–Trinajstić information content (AvgIpc) is 2.59. The molecule has 0 unspecified atom stereocenters. The molecule has 0 atom stereocenters. The van der Waals surface area contributed by atoms with Crippen LogP contribution >= 0.6 is 0 Å². The zero-order valence-electron chi connectivity index (χ0n) is 14.0. The summed E-state index contributed by atoms with van der Waals surface area (Å²) in [6.07, 6.45) is 0. The number of hydrogen-bond acceptors (Lipinski definition) is 6.